The summed E-state index contributed by atoms with van der Waals surface area (Å²) in [7, 11) is 0. The zero-order valence-corrected chi connectivity index (χ0v) is 16.6. The van der Waals surface area contributed by atoms with E-state index < -0.39 is 0 Å². The largest absolute Gasteiger partial charge is 0.371 e. The van der Waals surface area contributed by atoms with Crippen LogP contribution in [0, 0.1) is 18.7 Å². The molecule has 2 N–H and O–H groups in total. The average molecular weight is 384 g/mol. The van der Waals surface area contributed by atoms with E-state index in [-0.39, 0.29) is 23.7 Å². The Hall–Kier alpha value is -2.24. The van der Waals surface area contributed by atoms with Gasteiger partial charge >= 0.3 is 0 Å². The van der Waals surface area contributed by atoms with E-state index in [0.717, 1.165) is 42.6 Å². The van der Waals surface area contributed by atoms with Crippen LogP contribution in [0.3, 0.4) is 0 Å². The molecule has 0 aliphatic carbocycles. The minimum Gasteiger partial charge on any atom is -0.371 e. The van der Waals surface area contributed by atoms with Crippen LogP contribution in [0.1, 0.15) is 37.0 Å². The predicted molar refractivity (Wildman–Crippen MR) is 110 cm³/mol. The molecule has 2 aromatic rings. The van der Waals surface area contributed by atoms with Gasteiger partial charge in [-0.05, 0) is 43.5 Å². The van der Waals surface area contributed by atoms with E-state index in [1.807, 2.05) is 37.3 Å². The highest BCUT2D eigenvalue weighted by atomic mass is 19.1. The summed E-state index contributed by atoms with van der Waals surface area (Å²) in [6.45, 7) is 6.19. The lowest BCUT2D eigenvalue weighted by molar-refractivity contribution is -0.119. The second kappa shape index (κ2) is 9.80. The van der Waals surface area contributed by atoms with Crippen molar-refractivity contribution in [1.82, 2.24) is 10.6 Å². The number of carbonyl (C=O) groups excluding carboxylic acids is 1. The fraction of sp³-hybridized carbons (Fsp3) is 0.435. The number of nitrogens with one attached hydrogen (secondary N) is 2. The molecule has 0 saturated carbocycles. The molecule has 28 heavy (non-hydrogen) atoms. The van der Waals surface area contributed by atoms with Crippen LogP contribution in [-0.2, 0) is 9.53 Å². The van der Waals surface area contributed by atoms with Gasteiger partial charge in [0.25, 0.3) is 0 Å². The first-order chi connectivity index (χ1) is 13.6. The van der Waals surface area contributed by atoms with Gasteiger partial charge in [0.1, 0.15) is 5.82 Å². The Morgan fingerprint density at radius 1 is 1.32 bits per heavy atom. The third-order valence-corrected chi connectivity index (χ3v) is 5.20. The van der Waals surface area contributed by atoms with Gasteiger partial charge in [-0.15, -0.1) is 0 Å². The summed E-state index contributed by atoms with van der Waals surface area (Å²) in [4.78, 5) is 11.1. The molecular formula is C23H29FN2O2. The monoisotopic (exact) mass is 384 g/mol. The highest BCUT2D eigenvalue weighted by molar-refractivity contribution is 5.72. The van der Waals surface area contributed by atoms with Crippen LogP contribution in [0.15, 0.2) is 42.5 Å². The lowest BCUT2D eigenvalue weighted by Gasteiger charge is -2.32. The van der Waals surface area contributed by atoms with E-state index in [9.17, 15) is 9.18 Å². The standard InChI is InChI=1S/C23H29FN2O2/c1-16-6-3-7-18(14-16)22-20(9-4-10-21(22)24)23(19-8-5-11-25-15-19)28-13-12-26-17(2)27/h3-4,6-7,9-10,14,19,23,25H,5,8,11-13,15H2,1-2H3,(H,26,27)/t19-,23-/m1/s1. The Balaban J connectivity index is 1.94. The van der Waals surface area contributed by atoms with Crippen molar-refractivity contribution in [2.45, 2.75) is 32.8 Å². The van der Waals surface area contributed by atoms with Crippen LogP contribution in [0.2, 0.25) is 0 Å². The molecule has 0 radical (unpaired) electrons. The number of ether oxygens (including phenoxy) is 1. The van der Waals surface area contributed by atoms with Gasteiger partial charge in [0, 0.05) is 31.5 Å². The van der Waals surface area contributed by atoms with Gasteiger partial charge in [0.05, 0.1) is 12.7 Å². The lowest BCUT2D eigenvalue weighted by Crippen LogP contribution is -2.35. The maximum Gasteiger partial charge on any atom is 0.216 e. The second-order valence-corrected chi connectivity index (χ2v) is 7.45. The first-order valence-electron chi connectivity index (χ1n) is 9.98. The Morgan fingerprint density at radius 3 is 2.86 bits per heavy atom. The molecule has 1 amide bonds. The maximum absolute atomic E-state index is 15.0. The van der Waals surface area contributed by atoms with Crippen molar-refractivity contribution in [3.63, 3.8) is 0 Å². The molecule has 0 bridgehead atoms. The minimum absolute atomic E-state index is 0.0781. The number of carbonyl (C=O) groups is 1. The quantitative estimate of drug-likeness (QED) is 0.710. The summed E-state index contributed by atoms with van der Waals surface area (Å²) in [5.74, 6) is -0.0514. The van der Waals surface area contributed by atoms with Crippen molar-refractivity contribution in [1.29, 1.82) is 0 Å². The zero-order chi connectivity index (χ0) is 19.9. The third kappa shape index (κ3) is 5.18. The number of rotatable bonds is 7. The topological polar surface area (TPSA) is 50.4 Å². The van der Waals surface area contributed by atoms with Gasteiger partial charge in [0.15, 0.2) is 0 Å². The van der Waals surface area contributed by atoms with Gasteiger partial charge < -0.3 is 15.4 Å². The van der Waals surface area contributed by atoms with Gasteiger partial charge in [-0.1, -0.05) is 42.0 Å². The van der Waals surface area contributed by atoms with E-state index in [1.54, 1.807) is 6.07 Å². The molecule has 0 unspecified atom stereocenters. The summed E-state index contributed by atoms with van der Waals surface area (Å²) in [6, 6.07) is 13.2. The Labute approximate surface area is 166 Å². The van der Waals surface area contributed by atoms with Crippen LogP contribution >= 0.6 is 0 Å². The Kier molecular flexibility index (Phi) is 7.18. The first kappa shape index (κ1) is 20.5. The fourth-order valence-corrected chi connectivity index (χ4v) is 3.91. The molecule has 2 atom stereocenters. The Morgan fingerprint density at radius 2 is 2.14 bits per heavy atom. The highest BCUT2D eigenvalue weighted by Gasteiger charge is 2.29. The fourth-order valence-electron chi connectivity index (χ4n) is 3.91. The van der Waals surface area contributed by atoms with E-state index >= 15 is 0 Å². The van der Waals surface area contributed by atoms with Crippen LogP contribution in [-0.4, -0.2) is 32.1 Å². The minimum atomic E-state index is -0.234. The average Bonchev–Trinajstić information content (AvgIpc) is 2.68. The third-order valence-electron chi connectivity index (χ3n) is 5.20. The molecule has 1 aliphatic rings. The van der Waals surface area contributed by atoms with Crippen LogP contribution in [0.25, 0.3) is 11.1 Å². The number of benzene rings is 2. The molecule has 2 aromatic carbocycles. The van der Waals surface area contributed by atoms with Crippen LogP contribution < -0.4 is 10.6 Å². The normalized spacial score (nSPS) is 17.9. The maximum atomic E-state index is 15.0. The number of aryl methyl sites for hydroxylation is 1. The first-order valence-corrected chi connectivity index (χ1v) is 9.98. The smallest absolute Gasteiger partial charge is 0.216 e. The SMILES string of the molecule is CC(=O)NCCO[C@@H](c1cccc(F)c1-c1cccc(C)c1)[C@@H]1CCCNC1. The number of halogens is 1. The Bertz CT molecular complexity index is 803. The molecule has 1 fully saturated rings. The van der Waals surface area contributed by atoms with Gasteiger partial charge in [0.2, 0.25) is 5.91 Å². The van der Waals surface area contributed by atoms with Crippen LogP contribution in [0.4, 0.5) is 4.39 Å². The summed E-state index contributed by atoms with van der Waals surface area (Å²) >= 11 is 0. The van der Waals surface area contributed by atoms with E-state index in [0.29, 0.717) is 18.7 Å². The number of piperidine rings is 1. The zero-order valence-electron chi connectivity index (χ0n) is 16.6. The molecule has 1 heterocycles. The molecular weight excluding hydrogens is 355 g/mol. The molecule has 1 saturated heterocycles. The molecule has 150 valence electrons. The number of amides is 1. The van der Waals surface area contributed by atoms with E-state index in [1.165, 1.54) is 13.0 Å². The van der Waals surface area contributed by atoms with Crippen molar-refractivity contribution < 1.29 is 13.9 Å². The molecule has 3 rings (SSSR count). The van der Waals surface area contributed by atoms with E-state index in [4.69, 9.17) is 4.74 Å². The van der Waals surface area contributed by atoms with Crippen molar-refractivity contribution in [2.75, 3.05) is 26.2 Å². The summed E-state index contributed by atoms with van der Waals surface area (Å²) in [5, 5.41) is 6.20. The molecule has 0 spiro atoms. The van der Waals surface area contributed by atoms with Crippen molar-refractivity contribution in [2.24, 2.45) is 5.92 Å². The lowest BCUT2D eigenvalue weighted by atomic mass is 9.85. The molecule has 4 nitrogen and oxygen atoms in total. The van der Waals surface area contributed by atoms with Crippen molar-refractivity contribution >= 4 is 5.91 Å². The van der Waals surface area contributed by atoms with E-state index in [2.05, 4.69) is 10.6 Å². The van der Waals surface area contributed by atoms with Crippen molar-refractivity contribution in [3.8, 4) is 11.1 Å². The summed E-state index contributed by atoms with van der Waals surface area (Å²) in [6.07, 6.45) is 1.88. The summed E-state index contributed by atoms with van der Waals surface area (Å²) < 4.78 is 21.2. The summed E-state index contributed by atoms with van der Waals surface area (Å²) in [5.41, 5.74) is 3.45. The molecule has 5 heteroatoms. The van der Waals surface area contributed by atoms with Crippen molar-refractivity contribution in [3.05, 3.63) is 59.4 Å². The molecule has 0 aromatic heterocycles. The van der Waals surface area contributed by atoms with Crippen LogP contribution in [0.5, 0.6) is 0 Å². The van der Waals surface area contributed by atoms with Gasteiger partial charge in [-0.25, -0.2) is 4.39 Å². The number of hydrogen-bond acceptors (Lipinski definition) is 3. The van der Waals surface area contributed by atoms with Gasteiger partial charge in [-0.3, -0.25) is 4.79 Å². The van der Waals surface area contributed by atoms with Gasteiger partial charge in [-0.2, -0.15) is 0 Å². The highest BCUT2D eigenvalue weighted by Crippen LogP contribution is 2.38. The number of hydrogen-bond donors (Lipinski definition) is 2. The second-order valence-electron chi connectivity index (χ2n) is 7.45. The molecule has 1 aliphatic heterocycles. The predicted octanol–water partition coefficient (Wildman–Crippen LogP) is 3.99.